The summed E-state index contributed by atoms with van der Waals surface area (Å²) in [5.41, 5.74) is 1.47. The van der Waals surface area contributed by atoms with Crippen LogP contribution in [0.25, 0.3) is 0 Å². The monoisotopic (exact) mass is 187 g/mol. The maximum atomic E-state index is 8.65. The van der Waals surface area contributed by atoms with Crippen LogP contribution in [0.4, 0.5) is 5.69 Å². The van der Waals surface area contributed by atoms with Gasteiger partial charge in [-0.15, -0.1) is 0 Å². The fourth-order valence-corrected chi connectivity index (χ4v) is 1.53. The fraction of sp³-hybridized carbons (Fsp3) is 0.455. The molecule has 1 aliphatic carbocycles. The second-order valence-corrected chi connectivity index (χ2v) is 3.90. The molecule has 3 heteroatoms. The van der Waals surface area contributed by atoms with Crippen LogP contribution in [0.3, 0.4) is 0 Å². The quantitative estimate of drug-likeness (QED) is 0.787. The molecule has 3 nitrogen and oxygen atoms in total. The normalized spacial score (nSPS) is 24.0. The Morgan fingerprint density at radius 1 is 1.71 bits per heavy atom. The van der Waals surface area contributed by atoms with Gasteiger partial charge in [-0.1, -0.05) is 6.92 Å². The summed E-state index contributed by atoms with van der Waals surface area (Å²) in [5.74, 6) is 1.67. The van der Waals surface area contributed by atoms with Crippen LogP contribution in [0.1, 0.15) is 19.0 Å². The Bertz CT molecular complexity index is 367. The summed E-state index contributed by atoms with van der Waals surface area (Å²) in [6.45, 7) is 3.27. The highest BCUT2D eigenvalue weighted by Crippen LogP contribution is 2.37. The van der Waals surface area contributed by atoms with Crippen molar-refractivity contribution in [1.29, 1.82) is 5.26 Å². The molecule has 1 fully saturated rings. The predicted octanol–water partition coefficient (Wildman–Crippen LogP) is 2.02. The molecule has 0 saturated heterocycles. The van der Waals surface area contributed by atoms with E-state index in [-0.39, 0.29) is 0 Å². The van der Waals surface area contributed by atoms with Crippen LogP contribution in [0.5, 0.6) is 0 Å². The van der Waals surface area contributed by atoms with Crippen molar-refractivity contribution in [2.24, 2.45) is 11.8 Å². The van der Waals surface area contributed by atoms with Crippen molar-refractivity contribution < 1.29 is 0 Å². The molecule has 2 rings (SSSR count). The van der Waals surface area contributed by atoms with Crippen molar-refractivity contribution >= 4 is 5.69 Å². The van der Waals surface area contributed by atoms with Gasteiger partial charge in [-0.05, 0) is 30.4 Å². The van der Waals surface area contributed by atoms with E-state index < -0.39 is 0 Å². The summed E-state index contributed by atoms with van der Waals surface area (Å²) in [7, 11) is 0. The smallest absolute Gasteiger partial charge is 0.142 e. The van der Waals surface area contributed by atoms with E-state index in [0.717, 1.165) is 24.1 Å². The van der Waals surface area contributed by atoms with Gasteiger partial charge in [-0.3, -0.25) is 0 Å². The molecule has 1 aliphatic rings. The molecule has 1 saturated carbocycles. The molecular weight excluding hydrogens is 174 g/mol. The van der Waals surface area contributed by atoms with Crippen molar-refractivity contribution in [3.05, 3.63) is 24.0 Å². The van der Waals surface area contributed by atoms with Crippen LogP contribution < -0.4 is 5.32 Å². The summed E-state index contributed by atoms with van der Waals surface area (Å²) >= 11 is 0. The van der Waals surface area contributed by atoms with Gasteiger partial charge in [-0.2, -0.15) is 5.26 Å². The third kappa shape index (κ3) is 2.02. The largest absolute Gasteiger partial charge is 0.385 e. The molecule has 0 aromatic carbocycles. The zero-order valence-electron chi connectivity index (χ0n) is 8.20. The van der Waals surface area contributed by atoms with Gasteiger partial charge < -0.3 is 5.32 Å². The van der Waals surface area contributed by atoms with E-state index in [1.807, 2.05) is 12.1 Å². The van der Waals surface area contributed by atoms with Crippen molar-refractivity contribution in [3.8, 4) is 6.07 Å². The van der Waals surface area contributed by atoms with Gasteiger partial charge in [-0.25, -0.2) is 4.98 Å². The van der Waals surface area contributed by atoms with Crippen molar-refractivity contribution in [1.82, 2.24) is 4.98 Å². The number of nitrogens with zero attached hydrogens (tertiary/aromatic N) is 2. The van der Waals surface area contributed by atoms with Crippen molar-refractivity contribution in [3.63, 3.8) is 0 Å². The van der Waals surface area contributed by atoms with E-state index in [0.29, 0.717) is 5.69 Å². The number of rotatable bonds is 3. The minimum atomic E-state index is 0.471. The lowest BCUT2D eigenvalue weighted by molar-refractivity contribution is 0.787. The number of aromatic nitrogens is 1. The van der Waals surface area contributed by atoms with Crippen LogP contribution in [-0.4, -0.2) is 11.5 Å². The first kappa shape index (κ1) is 9.01. The molecule has 1 heterocycles. The average molecular weight is 187 g/mol. The summed E-state index contributed by atoms with van der Waals surface area (Å²) in [5, 5.41) is 12.0. The highest BCUT2D eigenvalue weighted by molar-refractivity contribution is 5.45. The predicted molar refractivity (Wildman–Crippen MR) is 54.7 cm³/mol. The Labute approximate surface area is 83.8 Å². The lowest BCUT2D eigenvalue weighted by Crippen LogP contribution is -2.04. The Morgan fingerprint density at radius 3 is 3.14 bits per heavy atom. The minimum Gasteiger partial charge on any atom is -0.385 e. The first-order valence-corrected chi connectivity index (χ1v) is 4.89. The topological polar surface area (TPSA) is 48.7 Å². The molecule has 0 spiro atoms. The number of anilines is 1. The standard InChI is InChI=1S/C11H13N3/c1-8-4-9(8)7-14-10-2-3-13-11(5-10)6-12/h2-3,5,8-9H,4,7H2,1H3,(H,13,14). The molecular formula is C11H13N3. The molecule has 0 radical (unpaired) electrons. The lowest BCUT2D eigenvalue weighted by Gasteiger charge is -2.04. The minimum absolute atomic E-state index is 0.471. The third-order valence-corrected chi connectivity index (χ3v) is 2.72. The van der Waals surface area contributed by atoms with E-state index >= 15 is 0 Å². The van der Waals surface area contributed by atoms with Gasteiger partial charge in [0.05, 0.1) is 0 Å². The van der Waals surface area contributed by atoms with Gasteiger partial charge in [0.25, 0.3) is 0 Å². The summed E-state index contributed by atoms with van der Waals surface area (Å²) in [6.07, 6.45) is 2.99. The highest BCUT2D eigenvalue weighted by atomic mass is 14.9. The number of hydrogen-bond acceptors (Lipinski definition) is 3. The fourth-order valence-electron chi connectivity index (χ4n) is 1.53. The second-order valence-electron chi connectivity index (χ2n) is 3.90. The number of hydrogen-bond donors (Lipinski definition) is 1. The average Bonchev–Trinajstić information content (AvgIpc) is 2.92. The molecule has 1 aromatic heterocycles. The van der Waals surface area contributed by atoms with Crippen LogP contribution in [0.15, 0.2) is 18.3 Å². The summed E-state index contributed by atoms with van der Waals surface area (Å²) in [4.78, 5) is 3.91. The van der Waals surface area contributed by atoms with Gasteiger partial charge in [0.15, 0.2) is 0 Å². The molecule has 2 unspecified atom stereocenters. The van der Waals surface area contributed by atoms with Crippen LogP contribution in [-0.2, 0) is 0 Å². The molecule has 1 N–H and O–H groups in total. The summed E-state index contributed by atoms with van der Waals surface area (Å²) < 4.78 is 0. The van der Waals surface area contributed by atoms with E-state index in [2.05, 4.69) is 17.2 Å². The van der Waals surface area contributed by atoms with Crippen LogP contribution in [0, 0.1) is 23.2 Å². The van der Waals surface area contributed by atoms with Gasteiger partial charge in [0.1, 0.15) is 11.8 Å². The van der Waals surface area contributed by atoms with E-state index in [1.165, 1.54) is 6.42 Å². The van der Waals surface area contributed by atoms with Gasteiger partial charge in [0.2, 0.25) is 0 Å². The first-order valence-electron chi connectivity index (χ1n) is 4.89. The molecule has 1 aromatic rings. The highest BCUT2D eigenvalue weighted by Gasteiger charge is 2.31. The SMILES string of the molecule is CC1CC1CNc1ccnc(C#N)c1. The molecule has 2 atom stereocenters. The Kier molecular flexibility index (Phi) is 2.36. The van der Waals surface area contributed by atoms with Crippen molar-refractivity contribution in [2.45, 2.75) is 13.3 Å². The zero-order valence-corrected chi connectivity index (χ0v) is 8.20. The van der Waals surface area contributed by atoms with Crippen LogP contribution >= 0.6 is 0 Å². The number of nitrogens with one attached hydrogen (secondary N) is 1. The van der Waals surface area contributed by atoms with Crippen LogP contribution in [0.2, 0.25) is 0 Å². The Balaban J connectivity index is 1.92. The zero-order chi connectivity index (χ0) is 9.97. The number of nitriles is 1. The first-order chi connectivity index (χ1) is 6.79. The maximum Gasteiger partial charge on any atom is 0.142 e. The maximum absolute atomic E-state index is 8.65. The molecule has 14 heavy (non-hydrogen) atoms. The molecule has 72 valence electrons. The molecule has 0 amide bonds. The summed E-state index contributed by atoms with van der Waals surface area (Å²) in [6, 6.07) is 5.71. The second kappa shape index (κ2) is 3.67. The molecule has 0 bridgehead atoms. The van der Waals surface area contributed by atoms with E-state index in [1.54, 1.807) is 12.3 Å². The number of pyridine rings is 1. The van der Waals surface area contributed by atoms with Crippen molar-refractivity contribution in [2.75, 3.05) is 11.9 Å². The molecule has 0 aliphatic heterocycles. The lowest BCUT2D eigenvalue weighted by atomic mass is 10.3. The van der Waals surface area contributed by atoms with Gasteiger partial charge in [0, 0.05) is 18.4 Å². The van der Waals surface area contributed by atoms with E-state index in [9.17, 15) is 0 Å². The van der Waals surface area contributed by atoms with E-state index in [4.69, 9.17) is 5.26 Å². The third-order valence-electron chi connectivity index (χ3n) is 2.72. The Morgan fingerprint density at radius 2 is 2.50 bits per heavy atom. The Hall–Kier alpha value is -1.56. The van der Waals surface area contributed by atoms with Gasteiger partial charge >= 0.3 is 0 Å².